The van der Waals surface area contributed by atoms with Gasteiger partial charge < -0.3 is 15.2 Å². The highest BCUT2D eigenvalue weighted by molar-refractivity contribution is 5.45. The molecular formula is C10H11NO2. The molecule has 0 unspecified atom stereocenters. The molecule has 1 aromatic carbocycles. The van der Waals surface area contributed by atoms with E-state index in [-0.39, 0.29) is 11.4 Å². The van der Waals surface area contributed by atoms with E-state index in [2.05, 4.69) is 5.32 Å². The van der Waals surface area contributed by atoms with Crippen molar-refractivity contribution < 1.29 is 9.84 Å². The predicted molar refractivity (Wildman–Crippen MR) is 48.0 cm³/mol. The van der Waals surface area contributed by atoms with E-state index in [0.29, 0.717) is 0 Å². The van der Waals surface area contributed by atoms with Gasteiger partial charge in [0.2, 0.25) is 0 Å². The van der Waals surface area contributed by atoms with Crippen LogP contribution in [0.15, 0.2) is 18.2 Å². The van der Waals surface area contributed by atoms with E-state index < -0.39 is 0 Å². The number of ether oxygens (including phenoxy) is 1. The van der Waals surface area contributed by atoms with Crippen molar-refractivity contribution in [2.75, 3.05) is 13.1 Å². The summed E-state index contributed by atoms with van der Waals surface area (Å²) >= 11 is 0. The Morgan fingerprint density at radius 3 is 2.92 bits per heavy atom. The Hall–Kier alpha value is -1.22. The lowest BCUT2D eigenvalue weighted by Gasteiger charge is -2.38. The SMILES string of the molecule is Oc1ccc2c(c1)OC1(CNC1)C2. The largest absolute Gasteiger partial charge is 0.508 e. The minimum atomic E-state index is -0.00384. The van der Waals surface area contributed by atoms with Crippen LogP contribution < -0.4 is 10.1 Å². The molecule has 0 radical (unpaired) electrons. The van der Waals surface area contributed by atoms with Gasteiger partial charge in [0.15, 0.2) is 0 Å². The van der Waals surface area contributed by atoms with Crippen LogP contribution in [-0.4, -0.2) is 23.8 Å². The van der Waals surface area contributed by atoms with E-state index in [4.69, 9.17) is 4.74 Å². The molecule has 0 amide bonds. The molecule has 0 saturated carbocycles. The van der Waals surface area contributed by atoms with E-state index in [0.717, 1.165) is 25.3 Å². The standard InChI is InChI=1S/C10H11NO2/c12-8-2-1-7-4-10(5-11-6-10)13-9(7)3-8/h1-3,11-12H,4-6H2. The first kappa shape index (κ1) is 7.21. The Morgan fingerprint density at radius 2 is 2.23 bits per heavy atom. The third-order valence-corrected chi connectivity index (χ3v) is 2.78. The molecule has 13 heavy (non-hydrogen) atoms. The Morgan fingerprint density at radius 1 is 1.38 bits per heavy atom. The maximum atomic E-state index is 9.26. The van der Waals surface area contributed by atoms with Gasteiger partial charge in [0, 0.05) is 25.6 Å². The van der Waals surface area contributed by atoms with Crippen molar-refractivity contribution in [2.24, 2.45) is 0 Å². The smallest absolute Gasteiger partial charge is 0.138 e. The lowest BCUT2D eigenvalue weighted by Crippen LogP contribution is -2.62. The quantitative estimate of drug-likeness (QED) is 0.612. The zero-order chi connectivity index (χ0) is 8.89. The summed E-state index contributed by atoms with van der Waals surface area (Å²) < 4.78 is 5.79. The molecular weight excluding hydrogens is 166 g/mol. The molecule has 1 spiro atoms. The lowest BCUT2D eigenvalue weighted by molar-refractivity contribution is 0.0385. The van der Waals surface area contributed by atoms with Gasteiger partial charge in [-0.3, -0.25) is 0 Å². The Kier molecular flexibility index (Phi) is 1.21. The number of phenols is 1. The molecule has 0 bridgehead atoms. The van der Waals surface area contributed by atoms with Crippen molar-refractivity contribution in [2.45, 2.75) is 12.0 Å². The summed E-state index contributed by atoms with van der Waals surface area (Å²) in [4.78, 5) is 0. The van der Waals surface area contributed by atoms with Crippen LogP contribution in [0.5, 0.6) is 11.5 Å². The Balaban J connectivity index is 1.99. The summed E-state index contributed by atoms with van der Waals surface area (Å²) in [6.07, 6.45) is 0.968. The zero-order valence-corrected chi connectivity index (χ0v) is 7.21. The van der Waals surface area contributed by atoms with E-state index in [9.17, 15) is 5.11 Å². The van der Waals surface area contributed by atoms with Gasteiger partial charge in [0.05, 0.1) is 0 Å². The summed E-state index contributed by atoms with van der Waals surface area (Å²) in [5.74, 6) is 1.13. The van der Waals surface area contributed by atoms with Crippen LogP contribution in [0.2, 0.25) is 0 Å². The zero-order valence-electron chi connectivity index (χ0n) is 7.21. The maximum Gasteiger partial charge on any atom is 0.138 e. The molecule has 2 heterocycles. The molecule has 1 saturated heterocycles. The van der Waals surface area contributed by atoms with Gasteiger partial charge in [-0.15, -0.1) is 0 Å². The second kappa shape index (κ2) is 2.17. The van der Waals surface area contributed by atoms with Gasteiger partial charge in [-0.2, -0.15) is 0 Å². The predicted octanol–water partition coefficient (Wildman–Crippen LogP) is 0.669. The van der Waals surface area contributed by atoms with Crippen LogP contribution in [0.4, 0.5) is 0 Å². The number of phenolic OH excluding ortho intramolecular Hbond substituents is 1. The first-order chi connectivity index (χ1) is 6.27. The van der Waals surface area contributed by atoms with Crippen LogP contribution in [0.3, 0.4) is 0 Å². The van der Waals surface area contributed by atoms with E-state index in [1.807, 2.05) is 6.07 Å². The minimum absolute atomic E-state index is 0.00384. The van der Waals surface area contributed by atoms with Crippen LogP contribution in [0.1, 0.15) is 5.56 Å². The molecule has 3 rings (SSSR count). The first-order valence-corrected chi connectivity index (χ1v) is 4.49. The fraction of sp³-hybridized carbons (Fsp3) is 0.400. The third-order valence-electron chi connectivity index (χ3n) is 2.78. The number of fused-ring (bicyclic) bond motifs is 1. The fourth-order valence-electron chi connectivity index (χ4n) is 2.00. The second-order valence-electron chi connectivity index (χ2n) is 3.86. The molecule has 3 nitrogen and oxygen atoms in total. The van der Waals surface area contributed by atoms with Gasteiger partial charge in [-0.1, -0.05) is 6.07 Å². The maximum absolute atomic E-state index is 9.26. The highest BCUT2D eigenvalue weighted by Crippen LogP contribution is 2.38. The Bertz CT molecular complexity index is 358. The van der Waals surface area contributed by atoms with Crippen LogP contribution >= 0.6 is 0 Å². The number of aromatic hydroxyl groups is 1. The molecule has 0 aliphatic carbocycles. The van der Waals surface area contributed by atoms with Crippen molar-refractivity contribution in [1.29, 1.82) is 0 Å². The van der Waals surface area contributed by atoms with Gasteiger partial charge in [0.25, 0.3) is 0 Å². The number of hydrogen-bond acceptors (Lipinski definition) is 3. The summed E-state index contributed by atoms with van der Waals surface area (Å²) in [6.45, 7) is 1.84. The van der Waals surface area contributed by atoms with Gasteiger partial charge in [0.1, 0.15) is 17.1 Å². The molecule has 2 aliphatic heterocycles. The molecule has 68 valence electrons. The fourth-order valence-corrected chi connectivity index (χ4v) is 2.00. The average molecular weight is 177 g/mol. The number of nitrogens with one attached hydrogen (secondary N) is 1. The van der Waals surface area contributed by atoms with Crippen LogP contribution in [0.25, 0.3) is 0 Å². The van der Waals surface area contributed by atoms with Gasteiger partial charge in [-0.05, 0) is 11.6 Å². The topological polar surface area (TPSA) is 41.5 Å². The lowest BCUT2D eigenvalue weighted by atomic mass is 9.91. The van der Waals surface area contributed by atoms with Crippen molar-refractivity contribution in [3.8, 4) is 11.5 Å². The highest BCUT2D eigenvalue weighted by atomic mass is 16.5. The molecule has 1 aromatic rings. The molecule has 0 aromatic heterocycles. The van der Waals surface area contributed by atoms with Crippen LogP contribution in [-0.2, 0) is 6.42 Å². The van der Waals surface area contributed by atoms with Crippen molar-refractivity contribution in [3.63, 3.8) is 0 Å². The summed E-state index contributed by atoms with van der Waals surface area (Å²) in [5, 5.41) is 12.5. The molecule has 2 N–H and O–H groups in total. The normalized spacial score (nSPS) is 22.2. The van der Waals surface area contributed by atoms with Crippen LogP contribution in [0, 0.1) is 0 Å². The minimum Gasteiger partial charge on any atom is -0.508 e. The summed E-state index contributed by atoms with van der Waals surface area (Å²) in [7, 11) is 0. The molecule has 0 atom stereocenters. The van der Waals surface area contributed by atoms with Gasteiger partial charge in [-0.25, -0.2) is 0 Å². The van der Waals surface area contributed by atoms with Gasteiger partial charge >= 0.3 is 0 Å². The van der Waals surface area contributed by atoms with Crippen molar-refractivity contribution >= 4 is 0 Å². The highest BCUT2D eigenvalue weighted by Gasteiger charge is 2.44. The summed E-state index contributed by atoms with van der Waals surface area (Å²) in [6, 6.07) is 5.35. The number of rotatable bonds is 0. The van der Waals surface area contributed by atoms with E-state index in [1.54, 1.807) is 12.1 Å². The Labute approximate surface area is 76.3 Å². The first-order valence-electron chi connectivity index (χ1n) is 4.49. The number of benzene rings is 1. The third kappa shape index (κ3) is 0.937. The van der Waals surface area contributed by atoms with Crippen molar-refractivity contribution in [3.05, 3.63) is 23.8 Å². The molecule has 2 aliphatic rings. The monoisotopic (exact) mass is 177 g/mol. The van der Waals surface area contributed by atoms with E-state index >= 15 is 0 Å². The molecule has 1 fully saturated rings. The summed E-state index contributed by atoms with van der Waals surface area (Å²) in [5.41, 5.74) is 1.20. The van der Waals surface area contributed by atoms with E-state index in [1.165, 1.54) is 5.56 Å². The van der Waals surface area contributed by atoms with Crippen molar-refractivity contribution in [1.82, 2.24) is 5.32 Å². The average Bonchev–Trinajstić information content (AvgIpc) is 2.41. The molecule has 3 heteroatoms. The second-order valence-corrected chi connectivity index (χ2v) is 3.86. The number of hydrogen-bond donors (Lipinski definition) is 2.